The van der Waals surface area contributed by atoms with Crippen LogP contribution in [0.2, 0.25) is 0 Å². The third kappa shape index (κ3) is 5.85. The highest BCUT2D eigenvalue weighted by molar-refractivity contribution is 7.89. The van der Waals surface area contributed by atoms with E-state index in [4.69, 9.17) is 22.7 Å². The van der Waals surface area contributed by atoms with Gasteiger partial charge in [0.15, 0.2) is 0 Å². The molecule has 0 atom stereocenters. The molecule has 0 amide bonds. The van der Waals surface area contributed by atoms with Gasteiger partial charge in [0.2, 0.25) is 10.0 Å². The molecule has 0 unspecified atom stereocenters. The Bertz CT molecular complexity index is 1210. The second-order valence-corrected chi connectivity index (χ2v) is 9.19. The molecule has 1 aromatic heterocycles. The number of aromatic nitrogens is 1. The van der Waals surface area contributed by atoms with Crippen LogP contribution in [0, 0.1) is 0 Å². The smallest absolute Gasteiger partial charge is 0.358 e. The van der Waals surface area contributed by atoms with E-state index in [-0.39, 0.29) is 4.90 Å². The lowest BCUT2D eigenvalue weighted by atomic mass is 10.0. The van der Waals surface area contributed by atoms with Crippen molar-refractivity contribution in [3.63, 3.8) is 0 Å². The summed E-state index contributed by atoms with van der Waals surface area (Å²) in [6, 6.07) is 15.4. The number of nitrogens with zero attached hydrogens (tertiary/aromatic N) is 1. The normalized spacial score (nSPS) is 14.9. The topological polar surface area (TPSA) is 154 Å². The van der Waals surface area contributed by atoms with Crippen molar-refractivity contribution in [2.75, 3.05) is 6.54 Å². The molecule has 4 rings (SSSR count). The number of nitrogens with two attached hydrogens (primary N) is 1. The lowest BCUT2D eigenvalue weighted by Crippen LogP contribution is -2.29. The van der Waals surface area contributed by atoms with Gasteiger partial charge >= 0.3 is 10.4 Å². The maximum absolute atomic E-state index is 11.6. The van der Waals surface area contributed by atoms with Crippen LogP contribution in [0.25, 0.3) is 10.9 Å². The van der Waals surface area contributed by atoms with Crippen molar-refractivity contribution < 1.29 is 25.9 Å². The Balaban J connectivity index is 0.000000431. The molecule has 1 aliphatic heterocycles. The van der Waals surface area contributed by atoms with Gasteiger partial charge in [0.1, 0.15) is 0 Å². The quantitative estimate of drug-likeness (QED) is 0.453. The van der Waals surface area contributed by atoms with Crippen LogP contribution in [0.3, 0.4) is 0 Å². The Morgan fingerprint density at radius 3 is 2.31 bits per heavy atom. The number of primary sulfonamides is 1. The molecule has 156 valence electrons. The molecular weight excluding hydrogens is 418 g/mol. The molecule has 2 heterocycles. The predicted octanol–water partition coefficient (Wildman–Crippen LogP) is 1.72. The minimum atomic E-state index is -4.67. The number of rotatable bonds is 3. The van der Waals surface area contributed by atoms with E-state index >= 15 is 0 Å². The summed E-state index contributed by atoms with van der Waals surface area (Å²) in [7, 11) is -8.35. The molecule has 0 bridgehead atoms. The van der Waals surface area contributed by atoms with Gasteiger partial charge in [-0.1, -0.05) is 30.3 Å². The van der Waals surface area contributed by atoms with Crippen molar-refractivity contribution in [3.8, 4) is 0 Å². The summed E-state index contributed by atoms with van der Waals surface area (Å²) in [5, 5.41) is 6.23. The zero-order chi connectivity index (χ0) is 21.2. The lowest BCUT2D eigenvalue weighted by molar-refractivity contribution is 0.245. The molecule has 0 saturated heterocycles. The Morgan fingerprint density at radius 2 is 1.69 bits per heavy atom. The molecule has 5 N–H and O–H groups in total. The molecule has 3 aromatic rings. The first kappa shape index (κ1) is 21.4. The highest BCUT2D eigenvalue weighted by atomic mass is 32.3. The van der Waals surface area contributed by atoms with Gasteiger partial charge in [-0.05, 0) is 29.3 Å². The third-order valence-electron chi connectivity index (χ3n) is 4.60. The first-order valence-electron chi connectivity index (χ1n) is 8.63. The second kappa shape index (κ2) is 8.22. The van der Waals surface area contributed by atoms with Crippen molar-refractivity contribution in [1.29, 1.82) is 0 Å². The number of aromatic amines is 1. The van der Waals surface area contributed by atoms with Gasteiger partial charge in [-0.25, -0.2) is 13.6 Å². The number of hydrogen-bond acceptors (Lipinski definition) is 5. The maximum atomic E-state index is 11.6. The first-order chi connectivity index (χ1) is 13.5. The van der Waals surface area contributed by atoms with Crippen molar-refractivity contribution in [2.24, 2.45) is 5.14 Å². The zero-order valence-corrected chi connectivity index (χ0v) is 16.9. The van der Waals surface area contributed by atoms with Crippen LogP contribution in [0.4, 0.5) is 0 Å². The molecule has 9 nitrogen and oxygen atoms in total. The van der Waals surface area contributed by atoms with Crippen LogP contribution >= 0.6 is 0 Å². The van der Waals surface area contributed by atoms with Gasteiger partial charge in [0, 0.05) is 42.7 Å². The molecular formula is C18H21N3O6S2. The Hall–Kier alpha value is -2.28. The minimum Gasteiger partial charge on any atom is -0.358 e. The van der Waals surface area contributed by atoms with E-state index in [9.17, 15) is 8.42 Å². The van der Waals surface area contributed by atoms with E-state index < -0.39 is 20.4 Å². The molecule has 0 spiro atoms. The average Bonchev–Trinajstić information content (AvgIpc) is 2.98. The Kier molecular flexibility index (Phi) is 6.08. The van der Waals surface area contributed by atoms with Crippen LogP contribution in [0.15, 0.2) is 53.4 Å². The van der Waals surface area contributed by atoms with Crippen molar-refractivity contribution in [1.82, 2.24) is 9.88 Å². The van der Waals surface area contributed by atoms with E-state index in [0.717, 1.165) is 37.0 Å². The number of hydrogen-bond donors (Lipinski definition) is 4. The van der Waals surface area contributed by atoms with Crippen LogP contribution in [-0.2, 0) is 39.9 Å². The Morgan fingerprint density at radius 1 is 1.03 bits per heavy atom. The molecule has 1 aliphatic rings. The van der Waals surface area contributed by atoms with E-state index in [1.807, 2.05) is 6.07 Å². The Labute approximate surface area is 168 Å². The largest absolute Gasteiger partial charge is 0.394 e. The van der Waals surface area contributed by atoms with Crippen LogP contribution in [0.1, 0.15) is 16.8 Å². The average molecular weight is 440 g/mol. The predicted molar refractivity (Wildman–Crippen MR) is 108 cm³/mol. The van der Waals surface area contributed by atoms with Gasteiger partial charge in [-0.2, -0.15) is 8.42 Å². The standard InChI is InChI=1S/C18H19N3O2S.H2O4S/c19-24(22,23)14-6-7-17-15(10-14)16-12-21(9-8-18(16)20-17)11-13-4-2-1-3-5-13;1-5(2,3)4/h1-7,10,20H,8-9,11-12H2,(H2,19,22,23);(H2,1,2,3,4). The summed E-state index contributed by atoms with van der Waals surface area (Å²) in [6.07, 6.45) is 0.932. The van der Waals surface area contributed by atoms with Gasteiger partial charge in [-0.3, -0.25) is 14.0 Å². The molecule has 29 heavy (non-hydrogen) atoms. The van der Waals surface area contributed by atoms with Crippen LogP contribution < -0.4 is 5.14 Å². The fourth-order valence-corrected chi connectivity index (χ4v) is 3.94. The van der Waals surface area contributed by atoms with E-state index in [0.29, 0.717) is 0 Å². The van der Waals surface area contributed by atoms with Gasteiger partial charge in [0.25, 0.3) is 0 Å². The lowest BCUT2D eigenvalue weighted by Gasteiger charge is -2.27. The number of sulfonamides is 1. The second-order valence-electron chi connectivity index (χ2n) is 6.73. The molecule has 0 fully saturated rings. The fourth-order valence-electron chi connectivity index (χ4n) is 3.40. The van der Waals surface area contributed by atoms with Gasteiger partial charge in [-0.15, -0.1) is 0 Å². The SMILES string of the molecule is NS(=O)(=O)c1ccc2[nH]c3c(c2c1)CN(Cc1ccccc1)CC3.O=S(=O)(O)O. The fraction of sp³-hybridized carbons (Fsp3) is 0.222. The highest BCUT2D eigenvalue weighted by Crippen LogP contribution is 2.30. The van der Waals surface area contributed by atoms with E-state index in [1.54, 1.807) is 18.2 Å². The van der Waals surface area contributed by atoms with Crippen LogP contribution in [-0.4, -0.2) is 42.4 Å². The summed E-state index contributed by atoms with van der Waals surface area (Å²) in [6.45, 7) is 2.68. The zero-order valence-electron chi connectivity index (χ0n) is 15.3. The number of benzene rings is 2. The van der Waals surface area contributed by atoms with E-state index in [1.165, 1.54) is 16.8 Å². The molecule has 0 radical (unpaired) electrons. The van der Waals surface area contributed by atoms with E-state index in [2.05, 4.69) is 34.1 Å². The van der Waals surface area contributed by atoms with Gasteiger partial charge < -0.3 is 4.98 Å². The third-order valence-corrected chi connectivity index (χ3v) is 5.51. The molecule has 2 aromatic carbocycles. The summed E-state index contributed by atoms with van der Waals surface area (Å²) in [5.74, 6) is 0. The number of H-pyrrole nitrogens is 1. The maximum Gasteiger partial charge on any atom is 0.394 e. The summed E-state index contributed by atoms with van der Waals surface area (Å²) in [5.41, 5.74) is 4.62. The monoisotopic (exact) mass is 439 g/mol. The first-order valence-corrected chi connectivity index (χ1v) is 11.6. The van der Waals surface area contributed by atoms with Crippen LogP contribution in [0.5, 0.6) is 0 Å². The van der Waals surface area contributed by atoms with Crippen molar-refractivity contribution in [2.45, 2.75) is 24.4 Å². The minimum absolute atomic E-state index is 0.164. The summed E-state index contributed by atoms with van der Waals surface area (Å²) >= 11 is 0. The van der Waals surface area contributed by atoms with Gasteiger partial charge in [0.05, 0.1) is 4.90 Å². The summed E-state index contributed by atoms with van der Waals surface area (Å²) in [4.78, 5) is 5.96. The van der Waals surface area contributed by atoms with Crippen molar-refractivity contribution in [3.05, 3.63) is 65.4 Å². The number of nitrogens with one attached hydrogen (secondary N) is 1. The molecule has 11 heteroatoms. The summed E-state index contributed by atoms with van der Waals surface area (Å²) < 4.78 is 54.8. The molecule has 0 saturated carbocycles. The highest BCUT2D eigenvalue weighted by Gasteiger charge is 2.21. The number of fused-ring (bicyclic) bond motifs is 3. The molecule has 0 aliphatic carbocycles. The van der Waals surface area contributed by atoms with Crippen molar-refractivity contribution >= 4 is 31.3 Å².